The maximum absolute atomic E-state index is 14.2. The molecule has 71 heavy (non-hydrogen) atoms. The topological polar surface area (TPSA) is 188 Å². The Morgan fingerprint density at radius 2 is 1.28 bits per heavy atom. The van der Waals surface area contributed by atoms with Gasteiger partial charge in [-0.05, 0) is 149 Å². The van der Waals surface area contributed by atoms with E-state index in [9.17, 15) is 18.0 Å². The van der Waals surface area contributed by atoms with E-state index in [1.165, 1.54) is 19.2 Å². The van der Waals surface area contributed by atoms with Crippen LogP contribution >= 0.6 is 11.6 Å². The molecule has 0 atom stereocenters. The smallest absolute Gasteiger partial charge is 0.417 e. The highest BCUT2D eigenvalue weighted by atomic mass is 35.5. The fourth-order valence-corrected chi connectivity index (χ4v) is 8.73. The Hall–Kier alpha value is -6.31. The highest BCUT2D eigenvalue weighted by Gasteiger charge is 2.36. The monoisotopic (exact) mass is 1000 g/mol. The van der Waals surface area contributed by atoms with Crippen molar-refractivity contribution >= 4 is 23.5 Å². The summed E-state index contributed by atoms with van der Waals surface area (Å²) >= 11 is 6.57. The van der Waals surface area contributed by atoms with Crippen molar-refractivity contribution in [3.63, 3.8) is 0 Å². The Labute approximate surface area is 416 Å². The van der Waals surface area contributed by atoms with E-state index in [1.807, 2.05) is 53.1 Å². The van der Waals surface area contributed by atoms with Gasteiger partial charge in [-0.15, -0.1) is 0 Å². The lowest BCUT2D eigenvalue weighted by molar-refractivity contribution is -0.137. The van der Waals surface area contributed by atoms with Gasteiger partial charge < -0.3 is 44.1 Å². The van der Waals surface area contributed by atoms with Crippen molar-refractivity contribution in [3.05, 3.63) is 86.7 Å². The molecule has 1 aliphatic heterocycles. The van der Waals surface area contributed by atoms with Crippen molar-refractivity contribution in [2.24, 2.45) is 0 Å². The molecule has 3 N–H and O–H groups in total. The molecule has 1 aliphatic carbocycles. The second kappa shape index (κ2) is 23.3. The highest BCUT2D eigenvalue weighted by Crippen LogP contribution is 2.45. The van der Waals surface area contributed by atoms with Crippen LogP contribution in [0.5, 0.6) is 11.5 Å². The van der Waals surface area contributed by atoms with Crippen LogP contribution in [0.1, 0.15) is 89.7 Å². The molecule has 380 valence electrons. The summed E-state index contributed by atoms with van der Waals surface area (Å²) < 4.78 is 69.9. The van der Waals surface area contributed by atoms with Gasteiger partial charge in [0.25, 0.3) is 0 Å². The lowest BCUT2D eigenvalue weighted by Gasteiger charge is -2.32. The Morgan fingerprint density at radius 1 is 0.746 bits per heavy atom. The van der Waals surface area contributed by atoms with Crippen LogP contribution in [0.3, 0.4) is 0 Å². The first-order valence-corrected chi connectivity index (χ1v) is 24.2. The standard InChI is InChI=1S/C28H35F3N6O4.C23H27ClN4O2/c1-16-24(23-17(2)36-41-18(23)3)34-26(35-25(16)33-19-9-12-37(13-10-19)27(38)39-5)21-15-20(40-14-6-11-32-4)7-8-22(21)28(29,30)31;1-13-21(16-6-7-16)26-23(27-22(13)20-14(2)28-30-15(20)3)18-12-17(8-9-19(18)24)29-11-5-10-25-4/h7-8,15,19,32H,6,9-14H2,1-5H3,(H,33,34,35);8-9,12,16,25H,5-7,10-11H2,1-4H3. The van der Waals surface area contributed by atoms with E-state index in [1.54, 1.807) is 18.7 Å². The van der Waals surface area contributed by atoms with Gasteiger partial charge >= 0.3 is 12.3 Å². The molecule has 2 aliphatic rings. The van der Waals surface area contributed by atoms with Crippen LogP contribution < -0.4 is 25.4 Å². The van der Waals surface area contributed by atoms with E-state index in [-0.39, 0.29) is 23.2 Å². The molecule has 0 spiro atoms. The number of carbonyl (C=O) groups is 1. The average Bonchev–Trinajstić information content (AvgIpc) is 4.07. The maximum Gasteiger partial charge on any atom is 0.417 e. The number of halogens is 4. The maximum atomic E-state index is 14.2. The fraction of sp³-hybridized carbons (Fsp3) is 0.471. The predicted molar refractivity (Wildman–Crippen MR) is 265 cm³/mol. The van der Waals surface area contributed by atoms with E-state index in [0.717, 1.165) is 77.2 Å². The molecule has 0 radical (unpaired) electrons. The first-order valence-electron chi connectivity index (χ1n) is 23.8. The van der Waals surface area contributed by atoms with Crippen molar-refractivity contribution in [1.82, 2.24) is 45.8 Å². The van der Waals surface area contributed by atoms with Gasteiger partial charge in [-0.25, -0.2) is 24.7 Å². The van der Waals surface area contributed by atoms with Crippen molar-refractivity contribution in [2.45, 2.75) is 98.2 Å². The van der Waals surface area contributed by atoms with Gasteiger partial charge in [0.05, 0.1) is 70.5 Å². The highest BCUT2D eigenvalue weighted by molar-refractivity contribution is 6.33. The molecular formula is C51H62ClF3N10O6. The summed E-state index contributed by atoms with van der Waals surface area (Å²) in [5, 5.41) is 18.3. The Bertz CT molecular complexity index is 2770. The summed E-state index contributed by atoms with van der Waals surface area (Å²) in [5.74, 6) is 3.69. The van der Waals surface area contributed by atoms with Crippen LogP contribution in [0.15, 0.2) is 45.4 Å². The average molecular weight is 1000 g/mol. The number of nitrogens with zero attached hydrogens (tertiary/aromatic N) is 7. The third-order valence-corrected chi connectivity index (χ3v) is 12.8. The first kappa shape index (κ1) is 52.5. The van der Waals surface area contributed by atoms with Crippen LogP contribution in [0, 0.1) is 41.5 Å². The fourth-order valence-electron chi connectivity index (χ4n) is 8.53. The number of benzene rings is 2. The largest absolute Gasteiger partial charge is 0.494 e. The number of hydrogen-bond donors (Lipinski definition) is 3. The number of ether oxygens (including phenoxy) is 3. The summed E-state index contributed by atoms with van der Waals surface area (Å²) in [4.78, 5) is 32.6. The SMILES string of the molecule is CNCCCOc1ccc(C(F)(F)F)c(-c2nc(NC3CCN(C(=O)OC)CC3)c(C)c(-c3c(C)noc3C)n2)c1.CNCCCOc1ccc(Cl)c(-c2nc(-c3c(C)noc3C)c(C)c(C3CC3)n2)c1. The molecule has 0 unspecified atom stereocenters. The number of rotatable bonds is 17. The second-order valence-corrected chi connectivity index (χ2v) is 18.2. The summed E-state index contributed by atoms with van der Waals surface area (Å²) in [6, 6.07) is 9.23. The number of nitrogens with one attached hydrogen (secondary N) is 3. The number of anilines is 1. The number of aryl methyl sites for hydroxylation is 4. The van der Waals surface area contributed by atoms with Gasteiger partial charge in [-0.3, -0.25) is 0 Å². The molecule has 1 amide bonds. The van der Waals surface area contributed by atoms with E-state index in [2.05, 4.69) is 43.2 Å². The van der Waals surface area contributed by atoms with Gasteiger partial charge in [0, 0.05) is 41.7 Å². The van der Waals surface area contributed by atoms with Crippen LogP contribution in [0.2, 0.25) is 5.02 Å². The Balaban J connectivity index is 0.000000219. The van der Waals surface area contributed by atoms with E-state index < -0.39 is 17.8 Å². The first-order chi connectivity index (χ1) is 34.0. The number of amides is 1. The van der Waals surface area contributed by atoms with Crippen molar-refractivity contribution in [3.8, 4) is 56.8 Å². The van der Waals surface area contributed by atoms with Gasteiger partial charge in [0.1, 0.15) is 28.8 Å². The van der Waals surface area contributed by atoms with E-state index >= 15 is 0 Å². The molecule has 2 aromatic carbocycles. The van der Waals surface area contributed by atoms with Crippen molar-refractivity contribution in [2.75, 3.05) is 65.9 Å². The second-order valence-electron chi connectivity index (χ2n) is 17.8. The Kier molecular flexibility index (Phi) is 17.2. The molecular weight excluding hydrogens is 941 g/mol. The number of likely N-dealkylation sites (tertiary alicyclic amines) is 1. The third kappa shape index (κ3) is 12.6. The van der Waals surface area contributed by atoms with Gasteiger partial charge in [0.2, 0.25) is 0 Å². The number of methoxy groups -OCH3 is 1. The molecule has 0 bridgehead atoms. The molecule has 6 aromatic rings. The summed E-state index contributed by atoms with van der Waals surface area (Å²) in [5.41, 5.74) is 6.76. The predicted octanol–water partition coefficient (Wildman–Crippen LogP) is 10.6. The molecule has 5 heterocycles. The number of aromatic nitrogens is 6. The molecule has 8 rings (SSSR count). The quantitative estimate of drug-likeness (QED) is 0.0732. The minimum Gasteiger partial charge on any atom is -0.494 e. The summed E-state index contributed by atoms with van der Waals surface area (Å²) in [7, 11) is 5.09. The molecule has 20 heteroatoms. The Morgan fingerprint density at radius 3 is 1.79 bits per heavy atom. The van der Waals surface area contributed by atoms with E-state index in [4.69, 9.17) is 44.8 Å². The molecule has 16 nitrogen and oxygen atoms in total. The van der Waals surface area contributed by atoms with Crippen LogP contribution in [0.4, 0.5) is 23.8 Å². The zero-order valence-corrected chi connectivity index (χ0v) is 42.5. The minimum atomic E-state index is -4.65. The summed E-state index contributed by atoms with van der Waals surface area (Å²) in [6.45, 7) is 14.8. The number of carbonyl (C=O) groups excluding carboxylic acids is 1. The number of alkyl halides is 3. The lowest BCUT2D eigenvalue weighted by Crippen LogP contribution is -2.42. The van der Waals surface area contributed by atoms with Crippen molar-refractivity contribution < 1.29 is 41.2 Å². The minimum absolute atomic E-state index is 0.0706. The van der Waals surface area contributed by atoms with Gasteiger partial charge in [-0.1, -0.05) is 21.9 Å². The lowest BCUT2D eigenvalue weighted by atomic mass is 10.0. The van der Waals surface area contributed by atoms with Gasteiger partial charge in [-0.2, -0.15) is 13.2 Å². The van der Waals surface area contributed by atoms with Crippen LogP contribution in [-0.4, -0.2) is 108 Å². The molecule has 1 saturated carbocycles. The number of hydrogen-bond acceptors (Lipinski definition) is 15. The van der Waals surface area contributed by atoms with E-state index in [0.29, 0.717) is 103 Å². The van der Waals surface area contributed by atoms with Crippen LogP contribution in [0.25, 0.3) is 45.3 Å². The van der Waals surface area contributed by atoms with Crippen molar-refractivity contribution in [1.29, 1.82) is 0 Å². The van der Waals surface area contributed by atoms with Crippen LogP contribution in [-0.2, 0) is 10.9 Å². The molecule has 1 saturated heterocycles. The molecule has 2 fully saturated rings. The summed E-state index contributed by atoms with van der Waals surface area (Å²) in [6.07, 6.45) is 0.103. The molecule has 4 aromatic heterocycles. The zero-order chi connectivity index (χ0) is 51.0. The van der Waals surface area contributed by atoms with Gasteiger partial charge in [0.15, 0.2) is 11.6 Å². The number of piperidine rings is 1. The zero-order valence-electron chi connectivity index (χ0n) is 41.7. The third-order valence-electron chi connectivity index (χ3n) is 12.5. The normalized spacial score (nSPS) is 14.0.